The van der Waals surface area contributed by atoms with Crippen LogP contribution in [0.2, 0.25) is 0 Å². The quantitative estimate of drug-likeness (QED) is 0.298. The summed E-state index contributed by atoms with van der Waals surface area (Å²) in [6.45, 7) is 9.29. The van der Waals surface area contributed by atoms with Gasteiger partial charge in [0.05, 0.1) is 0 Å². The first-order valence-corrected chi connectivity index (χ1v) is 10.4. The number of anilines is 1. The van der Waals surface area contributed by atoms with E-state index in [0.717, 1.165) is 51.3 Å². The van der Waals surface area contributed by atoms with Gasteiger partial charge in [0, 0.05) is 46.0 Å². The molecule has 1 unspecified atom stereocenters. The fourth-order valence-corrected chi connectivity index (χ4v) is 3.16. The Balaban J connectivity index is 2.44. The number of aryl methyl sites for hydroxylation is 1. The van der Waals surface area contributed by atoms with E-state index in [4.69, 9.17) is 4.99 Å². The third-order valence-electron chi connectivity index (χ3n) is 4.58. The van der Waals surface area contributed by atoms with Crippen molar-refractivity contribution in [3.8, 4) is 0 Å². The van der Waals surface area contributed by atoms with Gasteiger partial charge < -0.3 is 20.6 Å². The standard InChI is InChI=1S/C22H40N4O/c1-6-23-22(25-17-20(13-15-27)16-18(2)3)24-14-7-8-19-9-11-21(12-10-19)26(4)5/h9-12,18,20,27H,6-8,13-17H2,1-5H3,(H2,23,24,25). The SMILES string of the molecule is CCNC(=NCC(CCO)CC(C)C)NCCCc1ccc(N(C)C)cc1. The highest BCUT2D eigenvalue weighted by molar-refractivity contribution is 5.79. The van der Waals surface area contributed by atoms with Crippen LogP contribution in [-0.2, 0) is 6.42 Å². The molecule has 0 bridgehead atoms. The summed E-state index contributed by atoms with van der Waals surface area (Å²) in [5.41, 5.74) is 2.60. The monoisotopic (exact) mass is 376 g/mol. The van der Waals surface area contributed by atoms with Crippen molar-refractivity contribution < 1.29 is 5.11 Å². The molecule has 0 saturated carbocycles. The van der Waals surface area contributed by atoms with Crippen LogP contribution in [0.3, 0.4) is 0 Å². The van der Waals surface area contributed by atoms with E-state index >= 15 is 0 Å². The van der Waals surface area contributed by atoms with Gasteiger partial charge in [0.1, 0.15) is 0 Å². The van der Waals surface area contributed by atoms with Crippen LogP contribution in [0.4, 0.5) is 5.69 Å². The Morgan fingerprint density at radius 1 is 1.15 bits per heavy atom. The van der Waals surface area contributed by atoms with Crippen LogP contribution in [-0.4, -0.2) is 51.4 Å². The number of aliphatic hydroxyl groups is 1. The summed E-state index contributed by atoms with van der Waals surface area (Å²) in [6.07, 6.45) is 4.05. The topological polar surface area (TPSA) is 59.9 Å². The number of guanidine groups is 1. The summed E-state index contributed by atoms with van der Waals surface area (Å²) in [5.74, 6) is 1.96. The fraction of sp³-hybridized carbons (Fsp3) is 0.682. The minimum atomic E-state index is 0.240. The molecule has 27 heavy (non-hydrogen) atoms. The van der Waals surface area contributed by atoms with Gasteiger partial charge in [-0.15, -0.1) is 0 Å². The third kappa shape index (κ3) is 10.2. The Labute approximate surface area is 166 Å². The Hall–Kier alpha value is -1.75. The Morgan fingerprint density at radius 2 is 1.85 bits per heavy atom. The van der Waals surface area contributed by atoms with E-state index < -0.39 is 0 Å². The molecule has 0 spiro atoms. The van der Waals surface area contributed by atoms with E-state index in [2.05, 4.69) is 74.7 Å². The molecule has 0 aliphatic carbocycles. The average Bonchev–Trinajstić information content (AvgIpc) is 2.63. The lowest BCUT2D eigenvalue weighted by atomic mass is 9.94. The van der Waals surface area contributed by atoms with Crippen LogP contribution in [0.15, 0.2) is 29.3 Å². The summed E-state index contributed by atoms with van der Waals surface area (Å²) >= 11 is 0. The molecule has 0 aromatic heterocycles. The van der Waals surface area contributed by atoms with Crippen molar-refractivity contribution in [2.75, 3.05) is 45.2 Å². The van der Waals surface area contributed by atoms with Crippen molar-refractivity contribution in [1.29, 1.82) is 0 Å². The lowest BCUT2D eigenvalue weighted by molar-refractivity contribution is 0.245. The molecule has 0 saturated heterocycles. The highest BCUT2D eigenvalue weighted by atomic mass is 16.3. The largest absolute Gasteiger partial charge is 0.396 e. The number of aliphatic hydroxyl groups excluding tert-OH is 1. The van der Waals surface area contributed by atoms with Gasteiger partial charge in [-0.2, -0.15) is 0 Å². The summed E-state index contributed by atoms with van der Waals surface area (Å²) in [4.78, 5) is 6.86. The van der Waals surface area contributed by atoms with Crippen LogP contribution in [0.5, 0.6) is 0 Å². The van der Waals surface area contributed by atoms with Gasteiger partial charge in [0.25, 0.3) is 0 Å². The Morgan fingerprint density at radius 3 is 2.41 bits per heavy atom. The van der Waals surface area contributed by atoms with E-state index in [0.29, 0.717) is 11.8 Å². The number of nitrogens with zero attached hydrogens (tertiary/aromatic N) is 2. The zero-order chi connectivity index (χ0) is 20.1. The van der Waals surface area contributed by atoms with Gasteiger partial charge in [-0.05, 0) is 62.1 Å². The minimum absolute atomic E-state index is 0.240. The van der Waals surface area contributed by atoms with Crippen LogP contribution in [0.25, 0.3) is 0 Å². The number of rotatable bonds is 12. The van der Waals surface area contributed by atoms with Crippen molar-refractivity contribution >= 4 is 11.6 Å². The van der Waals surface area contributed by atoms with Gasteiger partial charge >= 0.3 is 0 Å². The predicted molar refractivity (Wildman–Crippen MR) is 118 cm³/mol. The zero-order valence-electron chi connectivity index (χ0n) is 18.0. The molecule has 154 valence electrons. The summed E-state index contributed by atoms with van der Waals surface area (Å²) in [5, 5.41) is 16.0. The molecule has 1 rings (SSSR count). The Bertz CT molecular complexity index is 526. The molecule has 1 aromatic carbocycles. The maximum Gasteiger partial charge on any atom is 0.191 e. The average molecular weight is 377 g/mol. The second-order valence-corrected chi connectivity index (χ2v) is 7.82. The molecule has 0 aliphatic rings. The first-order chi connectivity index (χ1) is 13.0. The lowest BCUT2D eigenvalue weighted by Crippen LogP contribution is -2.38. The van der Waals surface area contributed by atoms with E-state index in [-0.39, 0.29) is 6.61 Å². The fourth-order valence-electron chi connectivity index (χ4n) is 3.16. The van der Waals surface area contributed by atoms with Crippen molar-refractivity contribution in [1.82, 2.24) is 10.6 Å². The van der Waals surface area contributed by atoms with Crippen molar-refractivity contribution in [2.45, 2.75) is 46.5 Å². The second kappa shape index (κ2) is 13.4. The number of hydrogen-bond acceptors (Lipinski definition) is 3. The van der Waals surface area contributed by atoms with Gasteiger partial charge in [-0.1, -0.05) is 26.0 Å². The van der Waals surface area contributed by atoms with Crippen LogP contribution >= 0.6 is 0 Å². The van der Waals surface area contributed by atoms with Gasteiger partial charge in [-0.25, -0.2) is 0 Å². The van der Waals surface area contributed by atoms with E-state index in [1.807, 2.05) is 0 Å². The van der Waals surface area contributed by atoms with E-state index in [1.165, 1.54) is 11.3 Å². The van der Waals surface area contributed by atoms with Gasteiger partial charge in [-0.3, -0.25) is 4.99 Å². The molecule has 0 aliphatic heterocycles. The highest BCUT2D eigenvalue weighted by Crippen LogP contribution is 2.15. The lowest BCUT2D eigenvalue weighted by Gasteiger charge is -2.17. The normalized spacial score (nSPS) is 12.9. The van der Waals surface area contributed by atoms with Crippen LogP contribution in [0.1, 0.15) is 45.6 Å². The summed E-state index contributed by atoms with van der Waals surface area (Å²) in [6, 6.07) is 8.76. The predicted octanol–water partition coefficient (Wildman–Crippen LogP) is 3.29. The number of hydrogen-bond donors (Lipinski definition) is 3. The Kier molecular flexibility index (Phi) is 11.6. The minimum Gasteiger partial charge on any atom is -0.396 e. The molecular formula is C22H40N4O. The zero-order valence-corrected chi connectivity index (χ0v) is 18.0. The van der Waals surface area contributed by atoms with Gasteiger partial charge in [0.2, 0.25) is 0 Å². The maximum absolute atomic E-state index is 9.26. The van der Waals surface area contributed by atoms with Gasteiger partial charge in [0.15, 0.2) is 5.96 Å². The number of nitrogens with one attached hydrogen (secondary N) is 2. The number of benzene rings is 1. The third-order valence-corrected chi connectivity index (χ3v) is 4.58. The molecule has 0 heterocycles. The van der Waals surface area contributed by atoms with Crippen molar-refractivity contribution in [2.24, 2.45) is 16.8 Å². The molecule has 1 atom stereocenters. The molecule has 3 N–H and O–H groups in total. The van der Waals surface area contributed by atoms with Crippen LogP contribution in [0, 0.1) is 11.8 Å². The summed E-state index contributed by atoms with van der Waals surface area (Å²) in [7, 11) is 4.12. The molecular weight excluding hydrogens is 336 g/mol. The van der Waals surface area contributed by atoms with E-state index in [1.54, 1.807) is 0 Å². The maximum atomic E-state index is 9.26. The first-order valence-electron chi connectivity index (χ1n) is 10.4. The smallest absolute Gasteiger partial charge is 0.191 e. The first kappa shape index (κ1) is 23.3. The number of aliphatic imine (C=N–C) groups is 1. The van der Waals surface area contributed by atoms with Crippen molar-refractivity contribution in [3.05, 3.63) is 29.8 Å². The highest BCUT2D eigenvalue weighted by Gasteiger charge is 2.10. The summed E-state index contributed by atoms with van der Waals surface area (Å²) < 4.78 is 0. The second-order valence-electron chi connectivity index (χ2n) is 7.82. The molecule has 0 amide bonds. The molecule has 5 nitrogen and oxygen atoms in total. The van der Waals surface area contributed by atoms with Crippen LogP contribution < -0.4 is 15.5 Å². The van der Waals surface area contributed by atoms with E-state index in [9.17, 15) is 5.11 Å². The molecule has 1 aromatic rings. The molecule has 0 fully saturated rings. The molecule has 5 heteroatoms. The van der Waals surface area contributed by atoms with Crippen molar-refractivity contribution in [3.63, 3.8) is 0 Å². The molecule has 0 radical (unpaired) electrons.